The fraction of sp³-hybridized carbons (Fsp3) is 0.233. The highest BCUT2D eigenvalue weighted by Gasteiger charge is 2.26. The summed E-state index contributed by atoms with van der Waals surface area (Å²) < 4.78 is 17.3. The molecular weight excluding hydrogens is 494 g/mol. The van der Waals surface area contributed by atoms with Gasteiger partial charge in [0.15, 0.2) is 5.75 Å². The van der Waals surface area contributed by atoms with E-state index in [-0.39, 0.29) is 5.91 Å². The van der Waals surface area contributed by atoms with Gasteiger partial charge in [0.1, 0.15) is 36.9 Å². The zero-order valence-corrected chi connectivity index (χ0v) is 22.3. The van der Waals surface area contributed by atoms with Gasteiger partial charge in [0.05, 0.1) is 30.2 Å². The molecule has 4 aromatic rings. The molecule has 0 spiro atoms. The molecule has 200 valence electrons. The molecule has 1 amide bonds. The normalized spacial score (nSPS) is 12.9. The fourth-order valence-electron chi connectivity index (χ4n) is 4.31. The van der Waals surface area contributed by atoms with E-state index in [1.807, 2.05) is 85.7 Å². The van der Waals surface area contributed by atoms with E-state index in [1.54, 1.807) is 18.1 Å². The van der Waals surface area contributed by atoms with Gasteiger partial charge in [-0.1, -0.05) is 18.2 Å². The predicted octanol–water partition coefficient (Wildman–Crippen LogP) is 4.80. The van der Waals surface area contributed by atoms with Crippen LogP contribution in [0.1, 0.15) is 5.56 Å². The topological polar surface area (TPSA) is 89.0 Å². The number of anilines is 3. The van der Waals surface area contributed by atoms with Crippen molar-refractivity contribution in [2.45, 2.75) is 6.61 Å². The number of amides is 1. The molecule has 9 heteroatoms. The largest absolute Gasteiger partial charge is 0.497 e. The van der Waals surface area contributed by atoms with Gasteiger partial charge in [-0.2, -0.15) is 0 Å². The molecule has 39 heavy (non-hydrogen) atoms. The second kappa shape index (κ2) is 11.8. The molecule has 2 heterocycles. The number of methoxy groups -OCH3 is 1. The first kappa shape index (κ1) is 26.0. The Labute approximate surface area is 227 Å². The lowest BCUT2D eigenvalue weighted by Gasteiger charge is -2.30. The standard InChI is InChI=1S/C30H31N5O4/c1-34(2)15-5-8-27(36)35-16-17-38-29-26(35)14-13-25-28(29)30(32-20-31-25)33-22-9-11-23(12-10-22)39-19-21-6-4-7-24(18-21)37-3/h4-14,18,20H,15-17,19H2,1-3H3,(H,31,32,33)/b8-5+. The molecule has 1 aromatic heterocycles. The lowest BCUT2D eigenvalue weighted by molar-refractivity contribution is -0.114. The zero-order valence-electron chi connectivity index (χ0n) is 22.3. The maximum absolute atomic E-state index is 13.0. The number of nitrogens with one attached hydrogen (secondary N) is 1. The van der Waals surface area contributed by atoms with Gasteiger partial charge in [-0.15, -0.1) is 0 Å². The first-order valence-corrected chi connectivity index (χ1v) is 12.7. The average Bonchev–Trinajstić information content (AvgIpc) is 2.96. The fourth-order valence-corrected chi connectivity index (χ4v) is 4.31. The number of nitrogens with zero attached hydrogens (tertiary/aromatic N) is 4. The van der Waals surface area contributed by atoms with Crippen molar-refractivity contribution < 1.29 is 19.0 Å². The Balaban J connectivity index is 1.35. The Kier molecular flexibility index (Phi) is 7.88. The van der Waals surface area contributed by atoms with Crippen molar-refractivity contribution in [3.05, 3.63) is 84.7 Å². The van der Waals surface area contributed by atoms with Crippen molar-refractivity contribution in [3.63, 3.8) is 0 Å². The van der Waals surface area contributed by atoms with Crippen LogP contribution >= 0.6 is 0 Å². The summed E-state index contributed by atoms with van der Waals surface area (Å²) in [6.07, 6.45) is 4.98. The summed E-state index contributed by atoms with van der Waals surface area (Å²) >= 11 is 0. The summed E-state index contributed by atoms with van der Waals surface area (Å²) in [4.78, 5) is 25.6. The van der Waals surface area contributed by atoms with Gasteiger partial charge in [0, 0.05) is 18.3 Å². The van der Waals surface area contributed by atoms with Gasteiger partial charge < -0.3 is 29.3 Å². The van der Waals surface area contributed by atoms with Gasteiger partial charge in [-0.3, -0.25) is 4.79 Å². The number of benzene rings is 3. The van der Waals surface area contributed by atoms with Crippen molar-refractivity contribution in [2.24, 2.45) is 0 Å². The van der Waals surface area contributed by atoms with Crippen LogP contribution in [-0.4, -0.2) is 61.7 Å². The molecule has 0 aliphatic carbocycles. The van der Waals surface area contributed by atoms with Crippen molar-refractivity contribution in [2.75, 3.05) is 51.1 Å². The van der Waals surface area contributed by atoms with Crippen LogP contribution < -0.4 is 24.4 Å². The SMILES string of the molecule is COc1cccc(COc2ccc(Nc3ncnc4ccc5c(c34)OCCN5C(=O)/C=C/CN(C)C)cc2)c1. The van der Waals surface area contributed by atoms with Crippen molar-refractivity contribution in [3.8, 4) is 17.2 Å². The molecule has 0 saturated carbocycles. The molecule has 0 radical (unpaired) electrons. The first-order valence-electron chi connectivity index (χ1n) is 12.7. The molecule has 0 unspecified atom stereocenters. The average molecular weight is 526 g/mol. The number of hydrogen-bond acceptors (Lipinski definition) is 8. The summed E-state index contributed by atoms with van der Waals surface area (Å²) in [6, 6.07) is 19.2. The van der Waals surface area contributed by atoms with Gasteiger partial charge in [-0.05, 0) is 68.2 Å². The summed E-state index contributed by atoms with van der Waals surface area (Å²) in [5.74, 6) is 2.64. The minimum atomic E-state index is -0.0864. The quantitative estimate of drug-likeness (QED) is 0.312. The van der Waals surface area contributed by atoms with Crippen molar-refractivity contribution in [1.82, 2.24) is 14.9 Å². The maximum atomic E-state index is 13.0. The highest BCUT2D eigenvalue weighted by Crippen LogP contribution is 2.41. The number of aromatic nitrogens is 2. The zero-order chi connectivity index (χ0) is 27.2. The number of rotatable bonds is 9. The number of ether oxygens (including phenoxy) is 3. The van der Waals surface area contributed by atoms with Crippen LogP contribution in [0.4, 0.5) is 17.2 Å². The Bertz CT molecular complexity index is 1490. The monoisotopic (exact) mass is 525 g/mol. The number of hydrogen-bond donors (Lipinski definition) is 1. The van der Waals surface area contributed by atoms with Crippen LogP contribution in [0.3, 0.4) is 0 Å². The minimum absolute atomic E-state index is 0.0864. The predicted molar refractivity (Wildman–Crippen MR) is 152 cm³/mol. The molecule has 5 rings (SSSR count). The number of carbonyl (C=O) groups is 1. The van der Waals surface area contributed by atoms with E-state index in [0.29, 0.717) is 43.6 Å². The van der Waals surface area contributed by atoms with Crippen molar-refractivity contribution in [1.29, 1.82) is 0 Å². The molecule has 0 atom stereocenters. The third-order valence-corrected chi connectivity index (χ3v) is 6.24. The molecule has 1 aliphatic rings. The number of carbonyl (C=O) groups excluding carboxylic acids is 1. The smallest absolute Gasteiger partial charge is 0.250 e. The molecule has 0 bridgehead atoms. The summed E-state index contributed by atoms with van der Waals surface area (Å²) in [5, 5.41) is 4.10. The lowest BCUT2D eigenvalue weighted by atomic mass is 10.1. The Hall–Kier alpha value is -4.63. The van der Waals surface area contributed by atoms with Gasteiger partial charge in [-0.25, -0.2) is 9.97 Å². The summed E-state index contributed by atoms with van der Waals surface area (Å²) in [7, 11) is 5.57. The second-order valence-electron chi connectivity index (χ2n) is 9.32. The highest BCUT2D eigenvalue weighted by molar-refractivity contribution is 6.07. The van der Waals surface area contributed by atoms with Gasteiger partial charge in [0.2, 0.25) is 0 Å². The lowest BCUT2D eigenvalue weighted by Crippen LogP contribution is -2.37. The van der Waals surface area contributed by atoms with Crippen molar-refractivity contribution >= 4 is 34.0 Å². The van der Waals surface area contributed by atoms with E-state index in [0.717, 1.165) is 33.7 Å². The van der Waals surface area contributed by atoms with Crippen LogP contribution in [0.15, 0.2) is 79.1 Å². The highest BCUT2D eigenvalue weighted by atomic mass is 16.5. The molecule has 0 fully saturated rings. The van der Waals surface area contributed by atoms with Crippen LogP contribution in [0.5, 0.6) is 17.2 Å². The number of likely N-dealkylation sites (N-methyl/N-ethyl adjacent to an activating group) is 1. The van der Waals surface area contributed by atoms with E-state index in [2.05, 4.69) is 15.3 Å². The molecule has 9 nitrogen and oxygen atoms in total. The Morgan fingerprint density at radius 1 is 1.10 bits per heavy atom. The first-order chi connectivity index (χ1) is 19.0. The van der Waals surface area contributed by atoms with E-state index in [9.17, 15) is 4.79 Å². The Morgan fingerprint density at radius 3 is 2.74 bits per heavy atom. The van der Waals surface area contributed by atoms with Crippen LogP contribution in [-0.2, 0) is 11.4 Å². The maximum Gasteiger partial charge on any atom is 0.250 e. The van der Waals surface area contributed by atoms with Crippen LogP contribution in [0.25, 0.3) is 10.9 Å². The molecular formula is C30H31N5O4. The molecule has 0 saturated heterocycles. The summed E-state index contributed by atoms with van der Waals surface area (Å²) in [5.41, 5.74) is 3.28. The minimum Gasteiger partial charge on any atom is -0.497 e. The van der Waals surface area contributed by atoms with Gasteiger partial charge in [0.25, 0.3) is 5.91 Å². The number of fused-ring (bicyclic) bond motifs is 3. The van der Waals surface area contributed by atoms with Crippen LogP contribution in [0, 0.1) is 0 Å². The van der Waals surface area contributed by atoms with E-state index in [4.69, 9.17) is 14.2 Å². The van der Waals surface area contributed by atoms with E-state index >= 15 is 0 Å². The third kappa shape index (κ3) is 6.10. The van der Waals surface area contributed by atoms with E-state index < -0.39 is 0 Å². The summed E-state index contributed by atoms with van der Waals surface area (Å²) in [6.45, 7) is 1.97. The third-order valence-electron chi connectivity index (χ3n) is 6.24. The van der Waals surface area contributed by atoms with E-state index in [1.165, 1.54) is 6.33 Å². The molecule has 3 aromatic carbocycles. The molecule has 1 aliphatic heterocycles. The second-order valence-corrected chi connectivity index (χ2v) is 9.32. The Morgan fingerprint density at radius 2 is 1.95 bits per heavy atom. The van der Waals surface area contributed by atoms with Gasteiger partial charge >= 0.3 is 0 Å². The van der Waals surface area contributed by atoms with Crippen LogP contribution in [0.2, 0.25) is 0 Å². The molecule has 1 N–H and O–H groups in total.